The minimum Gasteiger partial charge on any atom is -0.383 e. The van der Waals surface area contributed by atoms with Crippen LogP contribution < -0.4 is 0 Å². The lowest BCUT2D eigenvalue weighted by atomic mass is 9.96. The zero-order valence-electron chi connectivity index (χ0n) is 10.9. The molecular formula is C13H19N3O. The molecule has 0 amide bonds. The quantitative estimate of drug-likeness (QED) is 0.817. The summed E-state index contributed by atoms with van der Waals surface area (Å²) in [5.41, 5.74) is 1.90. The van der Waals surface area contributed by atoms with Crippen molar-refractivity contribution in [3.63, 3.8) is 0 Å². The Kier molecular flexibility index (Phi) is 3.15. The van der Waals surface area contributed by atoms with Gasteiger partial charge < -0.3 is 9.30 Å². The lowest BCUT2D eigenvalue weighted by Crippen LogP contribution is -2.20. The zero-order chi connectivity index (χ0) is 12.5. The van der Waals surface area contributed by atoms with Gasteiger partial charge in [0.1, 0.15) is 11.3 Å². The molecular weight excluding hydrogens is 214 g/mol. The van der Waals surface area contributed by atoms with Crippen LogP contribution in [0.4, 0.5) is 0 Å². The summed E-state index contributed by atoms with van der Waals surface area (Å²) < 4.78 is 7.31. The third-order valence-electron chi connectivity index (χ3n) is 2.69. The summed E-state index contributed by atoms with van der Waals surface area (Å²) in [7, 11) is 1.71. The Morgan fingerprint density at radius 2 is 2.12 bits per heavy atom. The van der Waals surface area contributed by atoms with Crippen molar-refractivity contribution in [2.75, 3.05) is 13.7 Å². The number of rotatable bonds is 3. The summed E-state index contributed by atoms with van der Waals surface area (Å²) in [6, 6.07) is 3.92. The summed E-state index contributed by atoms with van der Waals surface area (Å²) in [5, 5.41) is 0. The molecule has 0 unspecified atom stereocenters. The minimum absolute atomic E-state index is 0.00837. The molecule has 2 aromatic rings. The first-order chi connectivity index (χ1) is 8.04. The van der Waals surface area contributed by atoms with Crippen LogP contribution in [0, 0.1) is 0 Å². The molecule has 0 aromatic carbocycles. The summed E-state index contributed by atoms with van der Waals surface area (Å²) >= 11 is 0. The topological polar surface area (TPSA) is 39.9 Å². The first-order valence-corrected chi connectivity index (χ1v) is 5.84. The van der Waals surface area contributed by atoms with Crippen LogP contribution in [0.25, 0.3) is 11.2 Å². The number of fused-ring (bicyclic) bond motifs is 1. The van der Waals surface area contributed by atoms with Crippen LogP contribution in [0.1, 0.15) is 26.6 Å². The second-order valence-corrected chi connectivity index (χ2v) is 5.18. The van der Waals surface area contributed by atoms with Gasteiger partial charge in [-0.2, -0.15) is 0 Å². The van der Waals surface area contributed by atoms with E-state index in [9.17, 15) is 0 Å². The van der Waals surface area contributed by atoms with Gasteiger partial charge in [0.05, 0.1) is 6.61 Å². The first kappa shape index (κ1) is 12.0. The highest BCUT2D eigenvalue weighted by Crippen LogP contribution is 2.25. The van der Waals surface area contributed by atoms with E-state index in [2.05, 4.69) is 35.3 Å². The number of methoxy groups -OCH3 is 1. The van der Waals surface area contributed by atoms with E-state index in [1.807, 2.05) is 12.1 Å². The summed E-state index contributed by atoms with van der Waals surface area (Å²) in [5.74, 6) is 1.06. The highest BCUT2D eigenvalue weighted by atomic mass is 16.5. The number of nitrogens with zero attached hydrogens (tertiary/aromatic N) is 3. The Labute approximate surface area is 102 Å². The highest BCUT2D eigenvalue weighted by molar-refractivity contribution is 5.71. The smallest absolute Gasteiger partial charge is 0.160 e. The van der Waals surface area contributed by atoms with Gasteiger partial charge in [-0.05, 0) is 12.1 Å². The van der Waals surface area contributed by atoms with E-state index in [-0.39, 0.29) is 5.41 Å². The molecule has 0 aliphatic heterocycles. The standard InChI is InChI=1S/C13H19N3O/c1-13(2,3)12-15-10-6-5-7-14-11(10)16(12)8-9-17-4/h5-7H,8-9H2,1-4H3. The van der Waals surface area contributed by atoms with Crippen LogP contribution in [0.5, 0.6) is 0 Å². The molecule has 0 saturated heterocycles. The van der Waals surface area contributed by atoms with E-state index in [4.69, 9.17) is 4.74 Å². The van der Waals surface area contributed by atoms with Crippen LogP contribution in [0.2, 0.25) is 0 Å². The summed E-state index contributed by atoms with van der Waals surface area (Å²) in [6.07, 6.45) is 1.81. The first-order valence-electron chi connectivity index (χ1n) is 5.84. The Balaban J connectivity index is 2.57. The monoisotopic (exact) mass is 233 g/mol. The van der Waals surface area contributed by atoms with Crippen molar-refractivity contribution in [3.8, 4) is 0 Å². The van der Waals surface area contributed by atoms with E-state index in [0.717, 1.165) is 23.5 Å². The molecule has 0 radical (unpaired) electrons. The van der Waals surface area contributed by atoms with E-state index in [1.54, 1.807) is 13.3 Å². The molecule has 4 nitrogen and oxygen atoms in total. The van der Waals surface area contributed by atoms with Crippen molar-refractivity contribution in [1.82, 2.24) is 14.5 Å². The average Bonchev–Trinajstić information content (AvgIpc) is 2.65. The van der Waals surface area contributed by atoms with Gasteiger partial charge in [0, 0.05) is 25.3 Å². The predicted molar refractivity (Wildman–Crippen MR) is 68.1 cm³/mol. The lowest BCUT2D eigenvalue weighted by molar-refractivity contribution is 0.186. The maximum Gasteiger partial charge on any atom is 0.160 e. The number of imidazole rings is 1. The fraction of sp³-hybridized carbons (Fsp3) is 0.538. The number of ether oxygens (including phenoxy) is 1. The van der Waals surface area contributed by atoms with Crippen LogP contribution >= 0.6 is 0 Å². The summed E-state index contributed by atoms with van der Waals surface area (Å²) in [4.78, 5) is 9.09. The molecule has 2 rings (SSSR count). The largest absolute Gasteiger partial charge is 0.383 e. The highest BCUT2D eigenvalue weighted by Gasteiger charge is 2.22. The molecule has 0 spiro atoms. The van der Waals surface area contributed by atoms with Crippen LogP contribution in [-0.2, 0) is 16.7 Å². The normalized spacial score (nSPS) is 12.2. The van der Waals surface area contributed by atoms with Gasteiger partial charge >= 0.3 is 0 Å². The Morgan fingerprint density at radius 3 is 2.76 bits per heavy atom. The van der Waals surface area contributed by atoms with Gasteiger partial charge in [0.2, 0.25) is 0 Å². The maximum atomic E-state index is 5.16. The van der Waals surface area contributed by atoms with E-state index in [1.165, 1.54) is 0 Å². The molecule has 4 heteroatoms. The van der Waals surface area contributed by atoms with Gasteiger partial charge in [0.15, 0.2) is 5.65 Å². The molecule has 17 heavy (non-hydrogen) atoms. The third kappa shape index (κ3) is 2.31. The second kappa shape index (κ2) is 4.45. The SMILES string of the molecule is COCCn1c(C(C)(C)C)nc2cccnc21. The molecule has 92 valence electrons. The molecule has 0 N–H and O–H groups in total. The molecule has 0 saturated carbocycles. The van der Waals surface area contributed by atoms with Crippen LogP contribution in [0.15, 0.2) is 18.3 Å². The van der Waals surface area contributed by atoms with E-state index in [0.29, 0.717) is 6.61 Å². The molecule has 0 aliphatic carbocycles. The van der Waals surface area contributed by atoms with E-state index < -0.39 is 0 Å². The maximum absolute atomic E-state index is 5.16. The minimum atomic E-state index is 0.00837. The molecule has 0 aliphatic rings. The predicted octanol–water partition coefficient (Wildman–Crippen LogP) is 2.38. The van der Waals surface area contributed by atoms with Crippen molar-refractivity contribution in [3.05, 3.63) is 24.2 Å². The number of hydrogen-bond acceptors (Lipinski definition) is 3. The molecule has 2 heterocycles. The Morgan fingerprint density at radius 1 is 1.35 bits per heavy atom. The van der Waals surface area contributed by atoms with Gasteiger partial charge in [0.25, 0.3) is 0 Å². The van der Waals surface area contributed by atoms with Crippen molar-refractivity contribution >= 4 is 11.2 Å². The Hall–Kier alpha value is -1.42. The van der Waals surface area contributed by atoms with Crippen molar-refractivity contribution < 1.29 is 4.74 Å². The number of pyridine rings is 1. The van der Waals surface area contributed by atoms with Crippen LogP contribution in [-0.4, -0.2) is 28.3 Å². The molecule has 0 fully saturated rings. The average molecular weight is 233 g/mol. The zero-order valence-corrected chi connectivity index (χ0v) is 10.9. The van der Waals surface area contributed by atoms with Crippen molar-refractivity contribution in [1.29, 1.82) is 0 Å². The van der Waals surface area contributed by atoms with Gasteiger partial charge in [-0.25, -0.2) is 9.97 Å². The fourth-order valence-electron chi connectivity index (χ4n) is 1.93. The lowest BCUT2D eigenvalue weighted by Gasteiger charge is -2.19. The van der Waals surface area contributed by atoms with E-state index >= 15 is 0 Å². The molecule has 0 bridgehead atoms. The van der Waals surface area contributed by atoms with Gasteiger partial charge in [-0.15, -0.1) is 0 Å². The third-order valence-corrected chi connectivity index (χ3v) is 2.69. The van der Waals surface area contributed by atoms with Gasteiger partial charge in [-0.3, -0.25) is 0 Å². The van der Waals surface area contributed by atoms with Crippen molar-refractivity contribution in [2.45, 2.75) is 32.7 Å². The fourth-order valence-corrected chi connectivity index (χ4v) is 1.93. The number of aromatic nitrogens is 3. The second-order valence-electron chi connectivity index (χ2n) is 5.18. The summed E-state index contributed by atoms with van der Waals surface area (Å²) in [6.45, 7) is 7.95. The molecule has 0 atom stereocenters. The molecule has 2 aromatic heterocycles. The van der Waals surface area contributed by atoms with Crippen LogP contribution in [0.3, 0.4) is 0 Å². The van der Waals surface area contributed by atoms with Crippen molar-refractivity contribution in [2.24, 2.45) is 0 Å². The Bertz CT molecular complexity index is 511. The number of hydrogen-bond donors (Lipinski definition) is 0. The van der Waals surface area contributed by atoms with Gasteiger partial charge in [-0.1, -0.05) is 20.8 Å².